The highest BCUT2D eigenvalue weighted by molar-refractivity contribution is 7.16. The number of hydrogen-bond acceptors (Lipinski definition) is 5. The van der Waals surface area contributed by atoms with Gasteiger partial charge in [-0.1, -0.05) is 0 Å². The second-order valence-corrected chi connectivity index (χ2v) is 7.94. The zero-order valence-corrected chi connectivity index (χ0v) is 17.1. The van der Waals surface area contributed by atoms with Crippen LogP contribution in [0.15, 0.2) is 12.1 Å². The maximum atomic E-state index is 12.3. The number of anilines is 1. The normalized spacial score (nSPS) is 14.0. The Morgan fingerprint density at radius 1 is 1.26 bits per heavy atom. The molecule has 0 atom stereocenters. The van der Waals surface area contributed by atoms with Crippen molar-refractivity contribution < 1.29 is 14.3 Å². The Kier molecular flexibility index (Phi) is 5.36. The first-order chi connectivity index (χ1) is 12.8. The number of urea groups is 1. The summed E-state index contributed by atoms with van der Waals surface area (Å²) in [6.45, 7) is 7.25. The van der Waals surface area contributed by atoms with Gasteiger partial charge in [-0.15, -0.1) is 11.3 Å². The van der Waals surface area contributed by atoms with Gasteiger partial charge in [-0.25, -0.2) is 9.78 Å². The lowest BCUT2D eigenvalue weighted by Gasteiger charge is -2.14. The Morgan fingerprint density at radius 3 is 2.63 bits per heavy atom. The van der Waals surface area contributed by atoms with E-state index in [1.54, 1.807) is 19.1 Å². The molecule has 0 spiro atoms. The van der Waals surface area contributed by atoms with E-state index in [9.17, 15) is 9.59 Å². The second kappa shape index (κ2) is 7.56. The van der Waals surface area contributed by atoms with Crippen molar-refractivity contribution in [1.82, 2.24) is 14.8 Å². The number of amides is 3. The molecule has 8 heteroatoms. The summed E-state index contributed by atoms with van der Waals surface area (Å²) in [4.78, 5) is 33.0. The minimum Gasteiger partial charge on any atom is -0.496 e. The van der Waals surface area contributed by atoms with Crippen LogP contribution in [-0.2, 0) is 4.79 Å². The Bertz CT molecular complexity index is 893. The predicted molar refractivity (Wildman–Crippen MR) is 107 cm³/mol. The topological polar surface area (TPSA) is 74.8 Å². The van der Waals surface area contributed by atoms with E-state index < -0.39 is 0 Å². The van der Waals surface area contributed by atoms with Crippen molar-refractivity contribution in [2.75, 3.05) is 39.1 Å². The highest BCUT2D eigenvalue weighted by Crippen LogP contribution is 2.35. The van der Waals surface area contributed by atoms with Gasteiger partial charge in [-0.2, -0.15) is 0 Å². The summed E-state index contributed by atoms with van der Waals surface area (Å²) in [5.41, 5.74) is 3.98. The van der Waals surface area contributed by atoms with Crippen LogP contribution in [0.2, 0.25) is 0 Å². The first kappa shape index (κ1) is 19.2. The standard InChI is InChI=1S/C19H24N4O3S/c1-11-9-15(26-5)12(2)8-14(11)17-13(3)27-18(21-17)20-16(24)10-23-7-6-22(4)19(23)25/h8-9H,6-7,10H2,1-5H3,(H,20,21,24). The summed E-state index contributed by atoms with van der Waals surface area (Å²) in [5, 5.41) is 3.37. The lowest BCUT2D eigenvalue weighted by atomic mass is 10.0. The maximum absolute atomic E-state index is 12.3. The van der Waals surface area contributed by atoms with Gasteiger partial charge in [-0.05, 0) is 44.0 Å². The third kappa shape index (κ3) is 3.90. The fraction of sp³-hybridized carbons (Fsp3) is 0.421. The van der Waals surface area contributed by atoms with Gasteiger partial charge >= 0.3 is 6.03 Å². The number of hydrogen-bond donors (Lipinski definition) is 1. The van der Waals surface area contributed by atoms with Crippen LogP contribution in [0.5, 0.6) is 5.75 Å². The van der Waals surface area contributed by atoms with Crippen molar-refractivity contribution in [3.63, 3.8) is 0 Å². The molecule has 1 aliphatic rings. The number of aromatic nitrogens is 1. The van der Waals surface area contributed by atoms with Crippen LogP contribution >= 0.6 is 11.3 Å². The number of likely N-dealkylation sites (N-methyl/N-ethyl adjacent to an activating group) is 1. The van der Waals surface area contributed by atoms with Crippen LogP contribution in [0.1, 0.15) is 16.0 Å². The molecule has 1 saturated heterocycles. The SMILES string of the molecule is COc1cc(C)c(-c2nc(NC(=O)CN3CCN(C)C3=O)sc2C)cc1C. The van der Waals surface area contributed by atoms with E-state index in [2.05, 4.69) is 16.4 Å². The number of carbonyl (C=O) groups is 2. The number of aryl methyl sites for hydroxylation is 3. The largest absolute Gasteiger partial charge is 0.496 e. The quantitative estimate of drug-likeness (QED) is 0.854. The van der Waals surface area contributed by atoms with Crippen LogP contribution in [0.3, 0.4) is 0 Å². The van der Waals surface area contributed by atoms with Crippen molar-refractivity contribution in [2.45, 2.75) is 20.8 Å². The summed E-state index contributed by atoms with van der Waals surface area (Å²) >= 11 is 1.43. The Morgan fingerprint density at radius 2 is 2.00 bits per heavy atom. The van der Waals surface area contributed by atoms with Crippen molar-refractivity contribution in [2.24, 2.45) is 0 Å². The van der Waals surface area contributed by atoms with Gasteiger partial charge < -0.3 is 19.9 Å². The smallest absolute Gasteiger partial charge is 0.320 e. The van der Waals surface area contributed by atoms with E-state index in [-0.39, 0.29) is 18.5 Å². The van der Waals surface area contributed by atoms with Gasteiger partial charge in [0.2, 0.25) is 5.91 Å². The molecule has 2 aromatic rings. The lowest BCUT2D eigenvalue weighted by Crippen LogP contribution is -2.36. The van der Waals surface area contributed by atoms with Crippen molar-refractivity contribution in [3.05, 3.63) is 28.1 Å². The van der Waals surface area contributed by atoms with E-state index in [0.29, 0.717) is 18.2 Å². The molecule has 1 aromatic carbocycles. The van der Waals surface area contributed by atoms with Gasteiger partial charge in [0.1, 0.15) is 12.3 Å². The molecule has 3 rings (SSSR count). The molecule has 1 aliphatic heterocycles. The molecule has 1 N–H and O–H groups in total. The summed E-state index contributed by atoms with van der Waals surface area (Å²) in [6, 6.07) is 3.93. The molecule has 3 amide bonds. The van der Waals surface area contributed by atoms with Gasteiger partial charge in [0.05, 0.1) is 12.8 Å². The highest BCUT2D eigenvalue weighted by atomic mass is 32.1. The molecule has 144 valence electrons. The summed E-state index contributed by atoms with van der Waals surface area (Å²) in [6.07, 6.45) is 0. The van der Waals surface area contributed by atoms with E-state index in [1.807, 2.05) is 26.8 Å². The molecule has 2 heterocycles. The Labute approximate surface area is 162 Å². The fourth-order valence-electron chi connectivity index (χ4n) is 3.15. The molecule has 0 saturated carbocycles. The zero-order valence-electron chi connectivity index (χ0n) is 16.3. The van der Waals surface area contributed by atoms with Crippen molar-refractivity contribution >= 4 is 28.4 Å². The molecule has 0 aliphatic carbocycles. The summed E-state index contributed by atoms with van der Waals surface area (Å²) < 4.78 is 5.37. The Balaban J connectivity index is 1.76. The molecule has 1 aromatic heterocycles. The second-order valence-electron chi connectivity index (χ2n) is 6.73. The van der Waals surface area contributed by atoms with Crippen molar-refractivity contribution in [1.29, 1.82) is 0 Å². The van der Waals surface area contributed by atoms with Crippen LogP contribution in [0, 0.1) is 20.8 Å². The minimum absolute atomic E-state index is 0.0395. The Hall–Kier alpha value is -2.61. The number of rotatable bonds is 5. The van der Waals surface area contributed by atoms with Crippen LogP contribution in [0.4, 0.5) is 9.93 Å². The zero-order chi connectivity index (χ0) is 19.7. The van der Waals surface area contributed by atoms with Crippen LogP contribution in [-0.4, -0.2) is 60.5 Å². The number of ether oxygens (including phenoxy) is 1. The average Bonchev–Trinajstić information content (AvgIpc) is 3.13. The fourth-order valence-corrected chi connectivity index (χ4v) is 3.99. The maximum Gasteiger partial charge on any atom is 0.320 e. The average molecular weight is 388 g/mol. The molecule has 0 radical (unpaired) electrons. The summed E-state index contributed by atoms with van der Waals surface area (Å²) in [7, 11) is 3.39. The van der Waals surface area contributed by atoms with E-state index >= 15 is 0 Å². The molecular formula is C19H24N4O3S. The first-order valence-corrected chi connectivity index (χ1v) is 9.54. The number of nitrogens with one attached hydrogen (secondary N) is 1. The molecule has 0 unspecified atom stereocenters. The molecule has 7 nitrogen and oxygen atoms in total. The number of benzene rings is 1. The van der Waals surface area contributed by atoms with Crippen LogP contribution in [0.25, 0.3) is 11.3 Å². The molecular weight excluding hydrogens is 364 g/mol. The monoisotopic (exact) mass is 388 g/mol. The van der Waals surface area contributed by atoms with Gasteiger partial charge in [0.15, 0.2) is 5.13 Å². The van der Waals surface area contributed by atoms with E-state index in [4.69, 9.17) is 4.74 Å². The molecule has 27 heavy (non-hydrogen) atoms. The number of nitrogens with zero attached hydrogens (tertiary/aromatic N) is 3. The lowest BCUT2D eigenvalue weighted by molar-refractivity contribution is -0.116. The van der Waals surface area contributed by atoms with Gasteiger partial charge in [0.25, 0.3) is 0 Å². The van der Waals surface area contributed by atoms with Crippen LogP contribution < -0.4 is 10.1 Å². The van der Waals surface area contributed by atoms with Gasteiger partial charge in [0, 0.05) is 30.6 Å². The highest BCUT2D eigenvalue weighted by Gasteiger charge is 2.27. The first-order valence-electron chi connectivity index (χ1n) is 8.73. The van der Waals surface area contributed by atoms with Crippen molar-refractivity contribution in [3.8, 4) is 17.0 Å². The number of thiazole rings is 1. The van der Waals surface area contributed by atoms with E-state index in [0.717, 1.165) is 33.0 Å². The predicted octanol–water partition coefficient (Wildman–Crippen LogP) is 3.05. The third-order valence-corrected chi connectivity index (χ3v) is 5.56. The molecule has 1 fully saturated rings. The van der Waals surface area contributed by atoms with Gasteiger partial charge in [-0.3, -0.25) is 4.79 Å². The minimum atomic E-state index is -0.235. The molecule has 0 bridgehead atoms. The third-order valence-electron chi connectivity index (χ3n) is 4.68. The number of carbonyl (C=O) groups excluding carboxylic acids is 2. The van der Waals surface area contributed by atoms with E-state index in [1.165, 1.54) is 16.2 Å². The summed E-state index contributed by atoms with van der Waals surface area (Å²) in [5.74, 6) is 0.611. The number of methoxy groups -OCH3 is 1.